The number of hydrogen-bond donors (Lipinski definition) is 0. The Bertz CT molecular complexity index is 2870. The molecule has 0 aliphatic carbocycles. The van der Waals surface area contributed by atoms with Gasteiger partial charge in [0.25, 0.3) is 0 Å². The second-order valence-corrected chi connectivity index (χ2v) is 14.1. The van der Waals surface area contributed by atoms with Gasteiger partial charge in [0, 0.05) is 36.9 Å². The molecule has 0 fully saturated rings. The molecule has 0 atom stereocenters. The maximum Gasteiger partial charge on any atom is 0.0540 e. The van der Waals surface area contributed by atoms with Crippen LogP contribution in [0.1, 0.15) is 0 Å². The summed E-state index contributed by atoms with van der Waals surface area (Å²) in [5.41, 5.74) is 8.35. The molecule has 0 saturated carbocycles. The smallest absolute Gasteiger partial charge is 0.0540 e. The van der Waals surface area contributed by atoms with Crippen LogP contribution in [0.4, 0.5) is 17.1 Å². The fraction of sp³-hybridized carbons (Fsp3) is 0. The molecule has 10 aromatic rings. The van der Waals surface area contributed by atoms with Crippen molar-refractivity contribution in [3.05, 3.63) is 188 Å². The minimum Gasteiger partial charge on any atom is -0.310 e. The molecule has 234 valence electrons. The first-order chi connectivity index (χ1) is 24.7. The molecular weight excluding hydrogens is 623 g/mol. The Balaban J connectivity index is 1.03. The molecule has 0 aliphatic heterocycles. The third-order valence-electron chi connectivity index (χ3n) is 10.0. The standard InChI is InChI=1S/C48H31NS/c1-2-10-35-28-37(17-16-32(35)8-1)40-21-20-38-29-36(18-19-39(38)30-40)33-22-24-41(25-23-33)49(46-14-7-11-34-9-3-4-12-43(34)46)42-26-27-45-44-13-5-6-15-47(44)50-48(45)31-42/h1-31H. The van der Waals surface area contributed by atoms with E-state index in [4.69, 9.17) is 0 Å². The summed E-state index contributed by atoms with van der Waals surface area (Å²) >= 11 is 1.86. The molecule has 9 aromatic carbocycles. The maximum atomic E-state index is 2.41. The van der Waals surface area contributed by atoms with Crippen molar-refractivity contribution in [1.29, 1.82) is 0 Å². The van der Waals surface area contributed by atoms with Crippen molar-refractivity contribution in [1.82, 2.24) is 0 Å². The summed E-state index contributed by atoms with van der Waals surface area (Å²) < 4.78 is 2.62. The lowest BCUT2D eigenvalue weighted by Gasteiger charge is -2.27. The molecule has 0 bridgehead atoms. The van der Waals surface area contributed by atoms with E-state index < -0.39 is 0 Å². The number of fused-ring (bicyclic) bond motifs is 6. The van der Waals surface area contributed by atoms with Gasteiger partial charge >= 0.3 is 0 Å². The number of thiophene rings is 1. The van der Waals surface area contributed by atoms with E-state index in [0.717, 1.165) is 11.4 Å². The zero-order chi connectivity index (χ0) is 33.0. The lowest BCUT2D eigenvalue weighted by Crippen LogP contribution is -2.10. The Hall–Kier alpha value is -6.22. The van der Waals surface area contributed by atoms with Crippen molar-refractivity contribution in [3.8, 4) is 22.3 Å². The van der Waals surface area contributed by atoms with Crippen LogP contribution in [0.3, 0.4) is 0 Å². The first-order valence-corrected chi connectivity index (χ1v) is 17.9. The monoisotopic (exact) mass is 653 g/mol. The summed E-state index contributed by atoms with van der Waals surface area (Å²) in [4.78, 5) is 2.41. The van der Waals surface area contributed by atoms with Crippen LogP contribution in [0, 0.1) is 0 Å². The van der Waals surface area contributed by atoms with Crippen LogP contribution in [0.5, 0.6) is 0 Å². The minimum atomic E-state index is 1.13. The fourth-order valence-electron chi connectivity index (χ4n) is 7.46. The molecule has 0 unspecified atom stereocenters. The van der Waals surface area contributed by atoms with Gasteiger partial charge in [-0.3, -0.25) is 0 Å². The highest BCUT2D eigenvalue weighted by molar-refractivity contribution is 7.25. The molecule has 0 N–H and O–H groups in total. The van der Waals surface area contributed by atoms with E-state index in [1.807, 2.05) is 11.3 Å². The molecule has 0 aliphatic rings. The number of hydrogen-bond acceptors (Lipinski definition) is 2. The van der Waals surface area contributed by atoms with Crippen LogP contribution in [0.25, 0.3) is 74.7 Å². The highest BCUT2D eigenvalue weighted by Gasteiger charge is 2.17. The first-order valence-electron chi connectivity index (χ1n) is 17.1. The second-order valence-electron chi connectivity index (χ2n) is 13.0. The first kappa shape index (κ1) is 28.8. The van der Waals surface area contributed by atoms with Crippen LogP contribution in [0.15, 0.2) is 188 Å². The number of benzene rings is 9. The largest absolute Gasteiger partial charge is 0.310 e. The summed E-state index contributed by atoms with van der Waals surface area (Å²) in [6.45, 7) is 0. The van der Waals surface area contributed by atoms with Gasteiger partial charge in [0.15, 0.2) is 0 Å². The van der Waals surface area contributed by atoms with Gasteiger partial charge in [-0.05, 0) is 104 Å². The molecule has 0 radical (unpaired) electrons. The average molecular weight is 654 g/mol. The Labute approximate surface area is 294 Å². The second kappa shape index (κ2) is 11.7. The third kappa shape index (κ3) is 4.92. The van der Waals surface area contributed by atoms with E-state index in [1.165, 1.54) is 80.4 Å². The van der Waals surface area contributed by atoms with Crippen LogP contribution in [0.2, 0.25) is 0 Å². The zero-order valence-corrected chi connectivity index (χ0v) is 28.1. The molecule has 2 heteroatoms. The quantitative estimate of drug-likeness (QED) is 0.179. The van der Waals surface area contributed by atoms with Crippen molar-refractivity contribution in [2.45, 2.75) is 0 Å². The molecule has 1 nitrogen and oxygen atoms in total. The van der Waals surface area contributed by atoms with E-state index in [9.17, 15) is 0 Å². The van der Waals surface area contributed by atoms with Gasteiger partial charge in [-0.15, -0.1) is 11.3 Å². The highest BCUT2D eigenvalue weighted by Crippen LogP contribution is 2.43. The molecule has 0 amide bonds. The molecule has 50 heavy (non-hydrogen) atoms. The van der Waals surface area contributed by atoms with E-state index in [-0.39, 0.29) is 0 Å². The lowest BCUT2D eigenvalue weighted by atomic mass is 9.96. The summed E-state index contributed by atoms with van der Waals surface area (Å²) in [6, 6.07) is 68.8. The number of anilines is 3. The SMILES string of the molecule is c1ccc2cc(-c3ccc4cc(-c5ccc(N(c6ccc7c(c6)sc6ccccc67)c6cccc7ccccc67)cc5)ccc4c3)ccc2c1. The Kier molecular flexibility index (Phi) is 6.75. The van der Waals surface area contributed by atoms with E-state index in [0.29, 0.717) is 0 Å². The third-order valence-corrected chi connectivity index (χ3v) is 11.1. The van der Waals surface area contributed by atoms with Crippen molar-refractivity contribution in [3.63, 3.8) is 0 Å². The zero-order valence-electron chi connectivity index (χ0n) is 27.3. The summed E-state index contributed by atoms with van der Waals surface area (Å²) in [5, 5.41) is 10.1. The molecule has 10 rings (SSSR count). The van der Waals surface area contributed by atoms with E-state index >= 15 is 0 Å². The number of rotatable bonds is 5. The Morgan fingerprint density at radius 1 is 0.300 bits per heavy atom. The summed E-state index contributed by atoms with van der Waals surface area (Å²) in [5.74, 6) is 0. The Morgan fingerprint density at radius 2 is 0.820 bits per heavy atom. The highest BCUT2D eigenvalue weighted by atomic mass is 32.1. The Morgan fingerprint density at radius 3 is 1.58 bits per heavy atom. The van der Waals surface area contributed by atoms with E-state index in [1.54, 1.807) is 0 Å². The van der Waals surface area contributed by atoms with E-state index in [2.05, 4.69) is 193 Å². The van der Waals surface area contributed by atoms with Gasteiger partial charge in [-0.1, -0.05) is 133 Å². The van der Waals surface area contributed by atoms with Gasteiger partial charge in [-0.25, -0.2) is 0 Å². The van der Waals surface area contributed by atoms with Crippen LogP contribution < -0.4 is 4.90 Å². The molecular formula is C48H31NS. The molecule has 1 heterocycles. The van der Waals surface area contributed by atoms with Crippen LogP contribution in [-0.2, 0) is 0 Å². The molecule has 1 aromatic heterocycles. The lowest BCUT2D eigenvalue weighted by molar-refractivity contribution is 1.30. The fourth-order valence-corrected chi connectivity index (χ4v) is 8.60. The van der Waals surface area contributed by atoms with Crippen LogP contribution in [-0.4, -0.2) is 0 Å². The van der Waals surface area contributed by atoms with Gasteiger partial charge in [0.05, 0.1) is 5.69 Å². The predicted molar refractivity (Wildman–Crippen MR) is 217 cm³/mol. The molecule has 0 saturated heterocycles. The van der Waals surface area contributed by atoms with Gasteiger partial charge in [0.2, 0.25) is 0 Å². The van der Waals surface area contributed by atoms with Gasteiger partial charge in [0.1, 0.15) is 0 Å². The number of nitrogens with zero attached hydrogens (tertiary/aromatic N) is 1. The summed E-state index contributed by atoms with van der Waals surface area (Å²) in [6.07, 6.45) is 0. The predicted octanol–water partition coefficient (Wildman–Crippen LogP) is 14.3. The normalized spacial score (nSPS) is 11.6. The molecule has 0 spiro atoms. The minimum absolute atomic E-state index is 1.13. The maximum absolute atomic E-state index is 2.41. The van der Waals surface area contributed by atoms with Crippen molar-refractivity contribution in [2.24, 2.45) is 0 Å². The van der Waals surface area contributed by atoms with Crippen molar-refractivity contribution < 1.29 is 0 Å². The van der Waals surface area contributed by atoms with Crippen LogP contribution >= 0.6 is 11.3 Å². The van der Waals surface area contributed by atoms with Gasteiger partial charge in [-0.2, -0.15) is 0 Å². The van der Waals surface area contributed by atoms with Crippen molar-refractivity contribution in [2.75, 3.05) is 4.90 Å². The topological polar surface area (TPSA) is 3.24 Å². The van der Waals surface area contributed by atoms with Gasteiger partial charge < -0.3 is 4.90 Å². The summed E-state index contributed by atoms with van der Waals surface area (Å²) in [7, 11) is 0. The van der Waals surface area contributed by atoms with Crippen molar-refractivity contribution >= 4 is 80.9 Å². The average Bonchev–Trinajstić information content (AvgIpc) is 3.56.